The van der Waals surface area contributed by atoms with Crippen molar-refractivity contribution >= 4 is 0 Å². The van der Waals surface area contributed by atoms with E-state index in [4.69, 9.17) is 4.74 Å². The van der Waals surface area contributed by atoms with E-state index < -0.39 is 0 Å². The lowest BCUT2D eigenvalue weighted by Crippen LogP contribution is -1.96. The van der Waals surface area contributed by atoms with Crippen molar-refractivity contribution in [1.82, 2.24) is 4.98 Å². The minimum atomic E-state index is -0.0735. The van der Waals surface area contributed by atoms with Gasteiger partial charge in [-0.25, -0.2) is 4.98 Å². The Kier molecular flexibility index (Phi) is 3.40. The van der Waals surface area contributed by atoms with Gasteiger partial charge in [0, 0.05) is 17.3 Å². The molecule has 0 aliphatic carbocycles. The molecule has 1 heterocycles. The second-order valence-electron chi connectivity index (χ2n) is 3.87. The van der Waals surface area contributed by atoms with E-state index in [9.17, 15) is 5.11 Å². The Bertz CT molecular complexity index is 523. The van der Waals surface area contributed by atoms with Crippen LogP contribution in [-0.2, 0) is 6.61 Å². The van der Waals surface area contributed by atoms with Gasteiger partial charge in [-0.2, -0.15) is 0 Å². The van der Waals surface area contributed by atoms with Gasteiger partial charge in [-0.05, 0) is 24.1 Å². The molecule has 1 aromatic carbocycles. The van der Waals surface area contributed by atoms with Crippen molar-refractivity contribution in [3.8, 4) is 17.0 Å². The van der Waals surface area contributed by atoms with Crippen LogP contribution in [0.25, 0.3) is 11.1 Å². The Morgan fingerprint density at radius 3 is 2.71 bits per heavy atom. The SMILES string of the molecule is COc1ncc(-c2ccccc2C)cc1CO. The molecule has 17 heavy (non-hydrogen) atoms. The summed E-state index contributed by atoms with van der Waals surface area (Å²) in [6, 6.07) is 10.0. The van der Waals surface area contributed by atoms with Crippen molar-refractivity contribution in [1.29, 1.82) is 0 Å². The molecule has 0 bridgehead atoms. The van der Waals surface area contributed by atoms with Crippen LogP contribution in [0.15, 0.2) is 36.5 Å². The Balaban J connectivity index is 2.50. The molecule has 2 aromatic rings. The lowest BCUT2D eigenvalue weighted by molar-refractivity contribution is 0.271. The second kappa shape index (κ2) is 4.97. The van der Waals surface area contributed by atoms with Gasteiger partial charge in [0.1, 0.15) is 0 Å². The van der Waals surface area contributed by atoms with Crippen LogP contribution in [0, 0.1) is 6.92 Å². The zero-order valence-corrected chi connectivity index (χ0v) is 9.97. The van der Waals surface area contributed by atoms with Crippen LogP contribution >= 0.6 is 0 Å². The number of nitrogens with zero attached hydrogens (tertiary/aromatic N) is 1. The predicted molar refractivity (Wildman–Crippen MR) is 66.9 cm³/mol. The fourth-order valence-corrected chi connectivity index (χ4v) is 1.84. The summed E-state index contributed by atoms with van der Waals surface area (Å²) in [5.74, 6) is 0.477. The van der Waals surface area contributed by atoms with E-state index in [1.54, 1.807) is 13.3 Å². The van der Waals surface area contributed by atoms with Crippen molar-refractivity contribution in [3.63, 3.8) is 0 Å². The quantitative estimate of drug-likeness (QED) is 0.879. The lowest BCUT2D eigenvalue weighted by atomic mass is 10.0. The van der Waals surface area contributed by atoms with Gasteiger partial charge in [-0.1, -0.05) is 24.3 Å². The third kappa shape index (κ3) is 2.29. The molecule has 88 valence electrons. The number of methoxy groups -OCH3 is 1. The fourth-order valence-electron chi connectivity index (χ4n) is 1.84. The molecular formula is C14H15NO2. The molecule has 0 atom stereocenters. The van der Waals surface area contributed by atoms with E-state index in [0.717, 1.165) is 11.1 Å². The van der Waals surface area contributed by atoms with Crippen molar-refractivity contribution in [3.05, 3.63) is 47.7 Å². The molecule has 0 aliphatic rings. The van der Waals surface area contributed by atoms with Crippen molar-refractivity contribution in [2.24, 2.45) is 0 Å². The maximum Gasteiger partial charge on any atom is 0.218 e. The highest BCUT2D eigenvalue weighted by Gasteiger charge is 2.07. The number of ether oxygens (including phenoxy) is 1. The van der Waals surface area contributed by atoms with Crippen LogP contribution < -0.4 is 4.74 Å². The second-order valence-corrected chi connectivity index (χ2v) is 3.87. The number of pyridine rings is 1. The third-order valence-electron chi connectivity index (χ3n) is 2.75. The normalized spacial score (nSPS) is 10.3. The van der Waals surface area contributed by atoms with Gasteiger partial charge in [0.2, 0.25) is 5.88 Å². The first kappa shape index (κ1) is 11.6. The summed E-state index contributed by atoms with van der Waals surface area (Å²) in [4.78, 5) is 4.20. The third-order valence-corrected chi connectivity index (χ3v) is 2.75. The molecule has 3 heteroatoms. The summed E-state index contributed by atoms with van der Waals surface area (Å²) in [6.45, 7) is 1.98. The van der Waals surface area contributed by atoms with E-state index in [-0.39, 0.29) is 6.61 Å². The Labute approximate surface area is 101 Å². The number of hydrogen-bond acceptors (Lipinski definition) is 3. The largest absolute Gasteiger partial charge is 0.481 e. The number of hydrogen-bond donors (Lipinski definition) is 1. The minimum Gasteiger partial charge on any atom is -0.481 e. The first-order chi connectivity index (χ1) is 8.26. The highest BCUT2D eigenvalue weighted by molar-refractivity contribution is 5.67. The van der Waals surface area contributed by atoms with Crippen LogP contribution in [0.3, 0.4) is 0 Å². The van der Waals surface area contributed by atoms with E-state index >= 15 is 0 Å². The number of rotatable bonds is 3. The maximum absolute atomic E-state index is 9.27. The molecule has 0 fully saturated rings. The first-order valence-electron chi connectivity index (χ1n) is 5.46. The molecule has 0 radical (unpaired) electrons. The number of aliphatic hydroxyl groups excluding tert-OH is 1. The first-order valence-corrected chi connectivity index (χ1v) is 5.46. The minimum absolute atomic E-state index is 0.0735. The summed E-state index contributed by atoms with van der Waals surface area (Å²) >= 11 is 0. The van der Waals surface area contributed by atoms with E-state index in [1.807, 2.05) is 24.3 Å². The smallest absolute Gasteiger partial charge is 0.218 e. The predicted octanol–water partition coefficient (Wildman–Crippen LogP) is 2.56. The molecule has 0 saturated carbocycles. The molecule has 1 N–H and O–H groups in total. The Morgan fingerprint density at radius 1 is 1.29 bits per heavy atom. The van der Waals surface area contributed by atoms with Crippen LogP contribution in [0.4, 0.5) is 0 Å². The molecule has 0 unspecified atom stereocenters. The van der Waals surface area contributed by atoms with Gasteiger partial charge in [0.05, 0.1) is 13.7 Å². The molecule has 2 rings (SSSR count). The highest BCUT2D eigenvalue weighted by atomic mass is 16.5. The summed E-state index contributed by atoms with van der Waals surface area (Å²) in [6.07, 6.45) is 1.76. The number of aryl methyl sites for hydroxylation is 1. The number of benzene rings is 1. The molecule has 0 amide bonds. The standard InChI is InChI=1S/C14H15NO2/c1-10-5-3-4-6-13(10)11-7-12(9-16)14(17-2)15-8-11/h3-8,16H,9H2,1-2H3. The molecule has 0 saturated heterocycles. The molecule has 0 aliphatic heterocycles. The van der Waals surface area contributed by atoms with Gasteiger partial charge in [0.25, 0.3) is 0 Å². The van der Waals surface area contributed by atoms with E-state index in [0.29, 0.717) is 11.4 Å². The van der Waals surface area contributed by atoms with Gasteiger partial charge in [-0.15, -0.1) is 0 Å². The van der Waals surface area contributed by atoms with Gasteiger partial charge >= 0.3 is 0 Å². The summed E-state index contributed by atoms with van der Waals surface area (Å²) in [5, 5.41) is 9.27. The molecule has 3 nitrogen and oxygen atoms in total. The number of aliphatic hydroxyl groups is 1. The summed E-state index contributed by atoms with van der Waals surface area (Å²) in [7, 11) is 1.55. The van der Waals surface area contributed by atoms with Crippen LogP contribution in [-0.4, -0.2) is 17.2 Å². The monoisotopic (exact) mass is 229 g/mol. The van der Waals surface area contributed by atoms with E-state index in [1.165, 1.54) is 5.56 Å². The van der Waals surface area contributed by atoms with Crippen LogP contribution in [0.1, 0.15) is 11.1 Å². The summed E-state index contributed by atoms with van der Waals surface area (Å²) < 4.78 is 5.09. The van der Waals surface area contributed by atoms with Crippen molar-refractivity contribution < 1.29 is 9.84 Å². The van der Waals surface area contributed by atoms with E-state index in [2.05, 4.69) is 18.0 Å². The number of aromatic nitrogens is 1. The van der Waals surface area contributed by atoms with Gasteiger partial charge in [0.15, 0.2) is 0 Å². The molecular weight excluding hydrogens is 214 g/mol. The maximum atomic E-state index is 9.27. The zero-order valence-electron chi connectivity index (χ0n) is 9.97. The Hall–Kier alpha value is -1.87. The van der Waals surface area contributed by atoms with Crippen molar-refractivity contribution in [2.75, 3.05) is 7.11 Å². The Morgan fingerprint density at radius 2 is 2.06 bits per heavy atom. The lowest BCUT2D eigenvalue weighted by Gasteiger charge is -2.09. The average molecular weight is 229 g/mol. The average Bonchev–Trinajstić information content (AvgIpc) is 2.38. The van der Waals surface area contributed by atoms with Crippen LogP contribution in [0.5, 0.6) is 5.88 Å². The topological polar surface area (TPSA) is 42.4 Å². The molecule has 1 aromatic heterocycles. The van der Waals surface area contributed by atoms with Gasteiger partial charge < -0.3 is 9.84 Å². The van der Waals surface area contributed by atoms with Gasteiger partial charge in [-0.3, -0.25) is 0 Å². The van der Waals surface area contributed by atoms with Crippen molar-refractivity contribution in [2.45, 2.75) is 13.5 Å². The zero-order chi connectivity index (χ0) is 12.3. The highest BCUT2D eigenvalue weighted by Crippen LogP contribution is 2.26. The fraction of sp³-hybridized carbons (Fsp3) is 0.214. The molecule has 0 spiro atoms. The van der Waals surface area contributed by atoms with Crippen LogP contribution in [0.2, 0.25) is 0 Å². The summed E-state index contributed by atoms with van der Waals surface area (Å²) in [5.41, 5.74) is 4.00.